The Bertz CT molecular complexity index is 1710. The highest BCUT2D eigenvalue weighted by atomic mass is 35.5. The molecule has 2 aliphatic heterocycles. The van der Waals surface area contributed by atoms with Gasteiger partial charge >= 0.3 is 12.1 Å². The maximum absolute atomic E-state index is 14.8. The smallest absolute Gasteiger partial charge is 0.429 e. The number of hydrogen-bond donors (Lipinski definition) is 3. The summed E-state index contributed by atoms with van der Waals surface area (Å²) in [6, 6.07) is 14.1. The molecule has 1 unspecified atom stereocenters. The maximum atomic E-state index is 14.8. The van der Waals surface area contributed by atoms with Gasteiger partial charge in [0.25, 0.3) is 0 Å². The number of hydrogen-bond acceptors (Lipinski definition) is 8. The molecule has 236 valence electrons. The Kier molecular flexibility index (Phi) is 8.08. The summed E-state index contributed by atoms with van der Waals surface area (Å²) in [5.41, 5.74) is 7.90. The van der Waals surface area contributed by atoms with Gasteiger partial charge in [0.15, 0.2) is 0 Å². The van der Waals surface area contributed by atoms with Crippen molar-refractivity contribution in [2.75, 3.05) is 30.3 Å². The van der Waals surface area contributed by atoms with Crippen LogP contribution >= 0.6 is 11.6 Å². The molecule has 2 aliphatic rings. The lowest BCUT2D eigenvalue weighted by Gasteiger charge is -2.39. The lowest BCUT2D eigenvalue weighted by atomic mass is 9.76. The van der Waals surface area contributed by atoms with Crippen LogP contribution in [0, 0.1) is 12.3 Å². The number of piperidine rings is 1. The Balaban J connectivity index is 1.30. The molecular weight excluding hydrogens is 611 g/mol. The van der Waals surface area contributed by atoms with E-state index in [-0.39, 0.29) is 28.5 Å². The van der Waals surface area contributed by atoms with Crippen LogP contribution in [0.15, 0.2) is 60.8 Å². The van der Waals surface area contributed by atoms with Crippen molar-refractivity contribution in [1.29, 1.82) is 0 Å². The van der Waals surface area contributed by atoms with E-state index in [9.17, 15) is 23.1 Å². The Labute approximate surface area is 262 Å². The number of aryl methyl sites for hydroxylation is 1. The number of aliphatic carboxylic acids is 1. The standard InChI is InChI=1S/C31H31ClF3N7O3/c1-18-8-11-42(40-18)24-14-20(19-2-5-21(32)6-3-19)4-7-22(24)27(31(33,34)35)45-26-15-25(38-29(36)39-26)41-12-9-30(10-13-41)16-23(28(43)44)37-17-30/h2-8,11,14-15,23,27,37H,9-10,12-13,16-17H2,1H3,(H,43,44)(H2,36,38,39)/t23-,27?/m0/s1. The van der Waals surface area contributed by atoms with E-state index >= 15 is 0 Å². The number of aromatic nitrogens is 4. The van der Waals surface area contributed by atoms with Gasteiger partial charge in [-0.05, 0) is 67.0 Å². The van der Waals surface area contributed by atoms with Crippen LogP contribution in [0.3, 0.4) is 0 Å². The predicted molar refractivity (Wildman–Crippen MR) is 163 cm³/mol. The summed E-state index contributed by atoms with van der Waals surface area (Å²) < 4.78 is 51.3. The van der Waals surface area contributed by atoms with Gasteiger partial charge in [-0.3, -0.25) is 4.79 Å². The SMILES string of the molecule is Cc1ccn(-c2cc(-c3ccc(Cl)cc3)ccc2C(Oc2cc(N3CCC4(CC3)CN[C@H](C(=O)O)C4)nc(N)n2)C(F)(F)F)n1. The zero-order valence-corrected chi connectivity index (χ0v) is 25.0. The molecule has 2 fully saturated rings. The van der Waals surface area contributed by atoms with Crippen LogP contribution in [0.5, 0.6) is 5.88 Å². The topological polar surface area (TPSA) is 131 Å². The molecule has 0 amide bonds. The van der Waals surface area contributed by atoms with Gasteiger partial charge in [-0.2, -0.15) is 28.2 Å². The highest BCUT2D eigenvalue weighted by Crippen LogP contribution is 2.43. The molecule has 4 N–H and O–H groups in total. The van der Waals surface area contributed by atoms with Gasteiger partial charge in [0.2, 0.25) is 17.9 Å². The summed E-state index contributed by atoms with van der Waals surface area (Å²) in [4.78, 5) is 21.6. The highest BCUT2D eigenvalue weighted by molar-refractivity contribution is 6.30. The van der Waals surface area contributed by atoms with Gasteiger partial charge in [0, 0.05) is 42.5 Å². The molecule has 4 heterocycles. The fraction of sp³-hybridized carbons (Fsp3) is 0.355. The first kappa shape index (κ1) is 30.7. The van der Waals surface area contributed by atoms with Crippen molar-refractivity contribution in [3.8, 4) is 22.7 Å². The van der Waals surface area contributed by atoms with Gasteiger partial charge < -0.3 is 25.8 Å². The second-order valence-electron chi connectivity index (χ2n) is 11.6. The number of halogens is 4. The highest BCUT2D eigenvalue weighted by Gasteiger charge is 2.46. The second kappa shape index (κ2) is 11.9. The third-order valence-corrected chi connectivity index (χ3v) is 8.76. The summed E-state index contributed by atoms with van der Waals surface area (Å²) in [5, 5.41) is 17.4. The van der Waals surface area contributed by atoms with Crippen LogP contribution in [-0.2, 0) is 4.79 Å². The van der Waals surface area contributed by atoms with Gasteiger partial charge in [-0.15, -0.1) is 0 Å². The fourth-order valence-electron chi connectivity index (χ4n) is 6.10. The van der Waals surface area contributed by atoms with E-state index in [1.807, 2.05) is 4.90 Å². The molecule has 0 aliphatic carbocycles. The molecule has 2 atom stereocenters. The van der Waals surface area contributed by atoms with E-state index in [1.54, 1.807) is 55.6 Å². The predicted octanol–water partition coefficient (Wildman–Crippen LogP) is 5.59. The number of nitrogens with one attached hydrogen (secondary N) is 1. The Morgan fingerprint density at radius 3 is 2.44 bits per heavy atom. The van der Waals surface area contributed by atoms with Gasteiger partial charge in [0.1, 0.15) is 11.9 Å². The first-order valence-electron chi connectivity index (χ1n) is 14.4. The molecule has 14 heteroatoms. The van der Waals surface area contributed by atoms with Gasteiger partial charge in [0.05, 0.1) is 11.4 Å². The van der Waals surface area contributed by atoms with Crippen LogP contribution in [0.2, 0.25) is 5.02 Å². The minimum atomic E-state index is -4.83. The molecule has 2 saturated heterocycles. The molecule has 0 radical (unpaired) electrons. The zero-order valence-electron chi connectivity index (χ0n) is 24.3. The van der Waals surface area contributed by atoms with Crippen molar-refractivity contribution in [2.24, 2.45) is 5.41 Å². The lowest BCUT2D eigenvalue weighted by Crippen LogP contribution is -2.41. The molecule has 4 aromatic rings. The summed E-state index contributed by atoms with van der Waals surface area (Å²) >= 11 is 6.04. The third-order valence-electron chi connectivity index (χ3n) is 8.51. The number of rotatable bonds is 7. The fourth-order valence-corrected chi connectivity index (χ4v) is 6.22. The molecular formula is C31H31ClF3N7O3. The number of anilines is 2. The first-order valence-corrected chi connectivity index (χ1v) is 14.8. The minimum Gasteiger partial charge on any atom is -0.480 e. The average Bonchev–Trinajstić information content (AvgIpc) is 3.62. The third kappa shape index (κ3) is 6.54. The van der Waals surface area contributed by atoms with E-state index in [1.165, 1.54) is 16.8 Å². The van der Waals surface area contributed by atoms with Crippen LogP contribution in [-0.4, -0.2) is 62.7 Å². The maximum Gasteiger partial charge on any atom is 0.429 e. The number of benzene rings is 2. The van der Waals surface area contributed by atoms with Crippen LogP contribution < -0.4 is 20.7 Å². The molecule has 2 aromatic heterocycles. The number of carbonyl (C=O) groups is 1. The lowest BCUT2D eigenvalue weighted by molar-refractivity contribution is -0.198. The Morgan fingerprint density at radius 2 is 1.82 bits per heavy atom. The van der Waals surface area contributed by atoms with Crippen LogP contribution in [0.25, 0.3) is 16.8 Å². The molecule has 0 saturated carbocycles. The van der Waals surface area contributed by atoms with Crippen molar-refractivity contribution < 1.29 is 27.8 Å². The molecule has 0 bridgehead atoms. The van der Waals surface area contributed by atoms with Gasteiger partial charge in [-0.1, -0.05) is 35.9 Å². The molecule has 45 heavy (non-hydrogen) atoms. The summed E-state index contributed by atoms with van der Waals surface area (Å²) in [5.74, 6) is -1.07. The van der Waals surface area contributed by atoms with Crippen molar-refractivity contribution in [2.45, 2.75) is 44.5 Å². The summed E-state index contributed by atoms with van der Waals surface area (Å²) in [6.07, 6.45) is -3.72. The number of carboxylic acids is 1. The zero-order chi connectivity index (χ0) is 31.9. The molecule has 10 nitrogen and oxygen atoms in total. The largest absolute Gasteiger partial charge is 0.480 e. The van der Waals surface area contributed by atoms with Gasteiger partial charge in [-0.25, -0.2) is 4.68 Å². The Hall–Kier alpha value is -4.36. The van der Waals surface area contributed by atoms with Crippen molar-refractivity contribution >= 4 is 29.3 Å². The first-order chi connectivity index (χ1) is 21.4. The number of nitrogens with two attached hydrogens (primary N) is 1. The number of nitrogens with zero attached hydrogens (tertiary/aromatic N) is 5. The summed E-state index contributed by atoms with van der Waals surface area (Å²) in [6.45, 7) is 3.40. The number of nitrogen functional groups attached to an aromatic ring is 1. The number of ether oxygens (including phenoxy) is 1. The van der Waals surface area contributed by atoms with Crippen LogP contribution in [0.4, 0.5) is 24.9 Å². The normalized spacial score (nSPS) is 18.7. The Morgan fingerprint density at radius 1 is 1.11 bits per heavy atom. The quantitative estimate of drug-likeness (QED) is 0.236. The molecule has 2 aromatic carbocycles. The molecule has 1 spiro atoms. The average molecular weight is 642 g/mol. The number of carboxylic acid groups (broad SMARTS) is 1. The molecule has 6 rings (SSSR count). The van der Waals surface area contributed by atoms with E-state index in [0.29, 0.717) is 61.0 Å². The van der Waals surface area contributed by atoms with Crippen molar-refractivity contribution in [3.63, 3.8) is 0 Å². The summed E-state index contributed by atoms with van der Waals surface area (Å²) in [7, 11) is 0. The van der Waals surface area contributed by atoms with E-state index in [4.69, 9.17) is 22.1 Å². The van der Waals surface area contributed by atoms with Crippen LogP contribution in [0.1, 0.15) is 36.6 Å². The second-order valence-corrected chi connectivity index (χ2v) is 12.0. The van der Waals surface area contributed by atoms with E-state index < -0.39 is 24.3 Å². The monoisotopic (exact) mass is 641 g/mol. The number of alkyl halides is 3. The van der Waals surface area contributed by atoms with Crippen molar-refractivity contribution in [1.82, 2.24) is 25.1 Å². The van der Waals surface area contributed by atoms with E-state index in [0.717, 1.165) is 5.56 Å². The minimum absolute atomic E-state index is 0.154. The van der Waals surface area contributed by atoms with Crippen molar-refractivity contribution in [3.05, 3.63) is 77.1 Å². The van der Waals surface area contributed by atoms with E-state index in [2.05, 4.69) is 20.4 Å².